The predicted molar refractivity (Wildman–Crippen MR) is 111 cm³/mol. The van der Waals surface area contributed by atoms with Gasteiger partial charge in [-0.25, -0.2) is 4.79 Å². The summed E-state index contributed by atoms with van der Waals surface area (Å²) in [7, 11) is 1.58. The molecule has 6 heteroatoms. The fourth-order valence-corrected chi connectivity index (χ4v) is 3.35. The molecule has 1 heterocycles. The normalized spacial score (nSPS) is 13.7. The molecule has 0 saturated carbocycles. The van der Waals surface area contributed by atoms with Gasteiger partial charge in [-0.15, -0.1) is 0 Å². The van der Waals surface area contributed by atoms with E-state index in [-0.39, 0.29) is 11.5 Å². The Morgan fingerprint density at radius 1 is 1.00 bits per heavy atom. The molecule has 0 radical (unpaired) electrons. The monoisotopic (exact) mass is 450 g/mol. The van der Waals surface area contributed by atoms with Crippen molar-refractivity contribution >= 4 is 33.8 Å². The van der Waals surface area contributed by atoms with Crippen LogP contribution in [-0.2, 0) is 0 Å². The van der Waals surface area contributed by atoms with Gasteiger partial charge < -0.3 is 14.2 Å². The maximum atomic E-state index is 12.6. The number of halogens is 1. The first-order valence-corrected chi connectivity index (χ1v) is 9.53. The number of esters is 1. The Morgan fingerprint density at radius 3 is 2.62 bits per heavy atom. The average Bonchev–Trinajstić information content (AvgIpc) is 3.03. The number of carbonyl (C=O) groups excluding carboxylic acids is 2. The van der Waals surface area contributed by atoms with Crippen molar-refractivity contribution in [3.8, 4) is 17.2 Å². The van der Waals surface area contributed by atoms with Gasteiger partial charge in [-0.05, 0) is 64.0 Å². The van der Waals surface area contributed by atoms with Crippen molar-refractivity contribution in [3.05, 3.63) is 93.7 Å². The molecule has 0 atom stereocenters. The largest absolute Gasteiger partial charge is 0.497 e. The van der Waals surface area contributed by atoms with E-state index in [1.54, 1.807) is 49.6 Å². The van der Waals surface area contributed by atoms with E-state index in [9.17, 15) is 9.59 Å². The molecule has 0 aliphatic carbocycles. The Morgan fingerprint density at radius 2 is 1.83 bits per heavy atom. The zero-order chi connectivity index (χ0) is 20.4. The third kappa shape index (κ3) is 3.93. The lowest BCUT2D eigenvalue weighted by molar-refractivity contribution is 0.0733. The second kappa shape index (κ2) is 7.93. The Kier molecular flexibility index (Phi) is 5.18. The minimum atomic E-state index is -0.506. The topological polar surface area (TPSA) is 61.8 Å². The standard InChI is InChI=1S/C23H15BrO5/c1-27-15-6-4-5-14(11-15)12-21-22(25)18-10-9-16(13-20(18)29-21)28-23(26)17-7-2-3-8-19(17)24/h2-13H,1H3. The molecule has 29 heavy (non-hydrogen) atoms. The molecule has 0 spiro atoms. The zero-order valence-electron chi connectivity index (χ0n) is 15.3. The fourth-order valence-electron chi connectivity index (χ4n) is 2.90. The molecular formula is C23H15BrO5. The quantitative estimate of drug-likeness (QED) is 0.306. The molecule has 1 aliphatic rings. The van der Waals surface area contributed by atoms with E-state index in [1.807, 2.05) is 24.3 Å². The van der Waals surface area contributed by atoms with Crippen LogP contribution in [0.2, 0.25) is 0 Å². The van der Waals surface area contributed by atoms with Gasteiger partial charge in [0.15, 0.2) is 5.76 Å². The number of fused-ring (bicyclic) bond motifs is 1. The molecule has 4 rings (SSSR count). The molecule has 0 unspecified atom stereocenters. The predicted octanol–water partition coefficient (Wildman–Crippen LogP) is 5.29. The van der Waals surface area contributed by atoms with Crippen molar-refractivity contribution in [1.82, 2.24) is 0 Å². The minimum Gasteiger partial charge on any atom is -0.497 e. The molecule has 144 valence electrons. The van der Waals surface area contributed by atoms with E-state index in [2.05, 4.69) is 15.9 Å². The summed E-state index contributed by atoms with van der Waals surface area (Å²) in [4.78, 5) is 25.0. The van der Waals surface area contributed by atoms with Crippen LogP contribution in [0.25, 0.3) is 6.08 Å². The van der Waals surface area contributed by atoms with Gasteiger partial charge in [0, 0.05) is 10.5 Å². The van der Waals surface area contributed by atoms with E-state index < -0.39 is 5.97 Å². The van der Waals surface area contributed by atoms with E-state index in [0.29, 0.717) is 32.8 Å². The van der Waals surface area contributed by atoms with E-state index in [0.717, 1.165) is 5.56 Å². The molecule has 0 saturated heterocycles. The smallest absolute Gasteiger partial charge is 0.344 e. The summed E-state index contributed by atoms with van der Waals surface area (Å²) in [6, 6.07) is 19.0. The highest BCUT2D eigenvalue weighted by atomic mass is 79.9. The molecule has 5 nitrogen and oxygen atoms in total. The van der Waals surface area contributed by atoms with Gasteiger partial charge in [-0.3, -0.25) is 4.79 Å². The van der Waals surface area contributed by atoms with Crippen molar-refractivity contribution in [1.29, 1.82) is 0 Å². The third-order valence-electron chi connectivity index (χ3n) is 4.34. The molecular weight excluding hydrogens is 436 g/mol. The number of allylic oxidation sites excluding steroid dienone is 1. The lowest BCUT2D eigenvalue weighted by Gasteiger charge is -2.07. The van der Waals surface area contributed by atoms with Crippen molar-refractivity contribution < 1.29 is 23.8 Å². The molecule has 0 amide bonds. The highest BCUT2D eigenvalue weighted by molar-refractivity contribution is 9.10. The van der Waals surface area contributed by atoms with Crippen LogP contribution in [0.1, 0.15) is 26.3 Å². The first-order chi connectivity index (χ1) is 14.0. The van der Waals surface area contributed by atoms with E-state index in [1.165, 1.54) is 6.07 Å². The van der Waals surface area contributed by atoms with Gasteiger partial charge in [-0.1, -0.05) is 24.3 Å². The number of benzene rings is 3. The van der Waals surface area contributed by atoms with Crippen LogP contribution < -0.4 is 14.2 Å². The van der Waals surface area contributed by atoms with E-state index in [4.69, 9.17) is 14.2 Å². The van der Waals surface area contributed by atoms with Gasteiger partial charge in [0.05, 0.1) is 18.2 Å². The SMILES string of the molecule is COc1cccc(C=C2Oc3cc(OC(=O)c4ccccc4Br)ccc3C2=O)c1. The maximum Gasteiger partial charge on any atom is 0.344 e. The summed E-state index contributed by atoms with van der Waals surface area (Å²) in [6.07, 6.45) is 1.65. The highest BCUT2D eigenvalue weighted by Gasteiger charge is 2.28. The maximum absolute atomic E-state index is 12.6. The van der Waals surface area contributed by atoms with Crippen LogP contribution in [0.5, 0.6) is 17.2 Å². The number of ether oxygens (including phenoxy) is 3. The summed E-state index contributed by atoms with van der Waals surface area (Å²) in [6.45, 7) is 0. The Bertz CT molecular complexity index is 1150. The van der Waals surface area contributed by atoms with Crippen LogP contribution in [0.15, 0.2) is 77.0 Å². The van der Waals surface area contributed by atoms with Crippen LogP contribution in [-0.4, -0.2) is 18.9 Å². The molecule has 3 aromatic rings. The highest BCUT2D eigenvalue weighted by Crippen LogP contribution is 2.35. The Hall–Kier alpha value is -3.38. The summed E-state index contributed by atoms with van der Waals surface area (Å²) in [5, 5.41) is 0. The minimum absolute atomic E-state index is 0.197. The Balaban J connectivity index is 1.56. The number of Topliss-reactive ketones (excluding diaryl/α,β-unsaturated/α-hetero) is 1. The zero-order valence-corrected chi connectivity index (χ0v) is 16.9. The molecule has 1 aliphatic heterocycles. The number of rotatable bonds is 4. The summed E-state index contributed by atoms with van der Waals surface area (Å²) in [5.74, 6) is 0.785. The second-order valence-corrected chi connectivity index (χ2v) is 7.10. The number of hydrogen-bond donors (Lipinski definition) is 0. The van der Waals surface area contributed by atoms with Crippen molar-refractivity contribution in [2.24, 2.45) is 0 Å². The Labute approximate surface area is 175 Å². The van der Waals surface area contributed by atoms with Gasteiger partial charge >= 0.3 is 5.97 Å². The van der Waals surface area contributed by atoms with Gasteiger partial charge in [0.2, 0.25) is 5.78 Å². The van der Waals surface area contributed by atoms with Crippen LogP contribution in [0.3, 0.4) is 0 Å². The third-order valence-corrected chi connectivity index (χ3v) is 5.03. The van der Waals surface area contributed by atoms with Crippen molar-refractivity contribution in [2.75, 3.05) is 7.11 Å². The molecule has 3 aromatic carbocycles. The summed E-state index contributed by atoms with van der Waals surface area (Å²) >= 11 is 3.33. The number of carbonyl (C=O) groups is 2. The fraction of sp³-hybridized carbons (Fsp3) is 0.0435. The number of ketones is 1. The summed E-state index contributed by atoms with van der Waals surface area (Å²) < 4.78 is 17.0. The molecule has 0 bridgehead atoms. The van der Waals surface area contributed by atoms with Crippen LogP contribution >= 0.6 is 15.9 Å². The van der Waals surface area contributed by atoms with Crippen molar-refractivity contribution in [2.45, 2.75) is 0 Å². The van der Waals surface area contributed by atoms with E-state index >= 15 is 0 Å². The molecule has 0 aromatic heterocycles. The number of hydrogen-bond acceptors (Lipinski definition) is 5. The first-order valence-electron chi connectivity index (χ1n) is 8.74. The van der Waals surface area contributed by atoms with Crippen molar-refractivity contribution in [3.63, 3.8) is 0 Å². The second-order valence-electron chi connectivity index (χ2n) is 6.24. The van der Waals surface area contributed by atoms with Gasteiger partial charge in [0.1, 0.15) is 17.2 Å². The van der Waals surface area contributed by atoms with Gasteiger partial charge in [-0.2, -0.15) is 0 Å². The van der Waals surface area contributed by atoms with Crippen LogP contribution in [0, 0.1) is 0 Å². The average molecular weight is 451 g/mol. The number of methoxy groups -OCH3 is 1. The lowest BCUT2D eigenvalue weighted by atomic mass is 10.1. The summed E-state index contributed by atoms with van der Waals surface area (Å²) in [5.41, 5.74) is 1.60. The lowest BCUT2D eigenvalue weighted by Crippen LogP contribution is -2.09. The molecule has 0 N–H and O–H groups in total. The first kappa shape index (κ1) is 19.0. The van der Waals surface area contributed by atoms with Crippen LogP contribution in [0.4, 0.5) is 0 Å². The van der Waals surface area contributed by atoms with Gasteiger partial charge in [0.25, 0.3) is 0 Å². The molecule has 0 fully saturated rings.